The van der Waals surface area contributed by atoms with Gasteiger partial charge in [0.25, 0.3) is 5.91 Å². The highest BCUT2D eigenvalue weighted by atomic mass is 32.2. The first-order valence-corrected chi connectivity index (χ1v) is 12.1. The van der Waals surface area contributed by atoms with Crippen molar-refractivity contribution < 1.29 is 13.2 Å². The Balaban J connectivity index is 1.45. The van der Waals surface area contributed by atoms with Crippen molar-refractivity contribution in [3.8, 4) is 0 Å². The fourth-order valence-electron chi connectivity index (χ4n) is 4.79. The van der Waals surface area contributed by atoms with Crippen LogP contribution in [0.25, 0.3) is 0 Å². The smallest absolute Gasteiger partial charge is 0.276 e. The number of nitrogens with zero attached hydrogens (tertiary/aromatic N) is 5. The molecule has 1 aliphatic heterocycles. The fourth-order valence-corrected chi connectivity index (χ4v) is 6.25. The van der Waals surface area contributed by atoms with Crippen molar-refractivity contribution >= 4 is 15.9 Å². The van der Waals surface area contributed by atoms with E-state index < -0.39 is 10.0 Å². The topological polar surface area (TPSA) is 88.4 Å². The van der Waals surface area contributed by atoms with Crippen LogP contribution >= 0.6 is 0 Å². The van der Waals surface area contributed by atoms with E-state index in [9.17, 15) is 13.2 Å². The molecule has 1 aromatic heterocycles. The average Bonchev–Trinajstić information content (AvgIpc) is 3.23. The molecular weight excluding hydrogens is 402 g/mol. The van der Waals surface area contributed by atoms with Crippen molar-refractivity contribution in [1.82, 2.24) is 24.2 Å². The minimum Gasteiger partial charge on any atom is -0.338 e. The summed E-state index contributed by atoms with van der Waals surface area (Å²) in [6.07, 6.45) is 5.38. The summed E-state index contributed by atoms with van der Waals surface area (Å²) >= 11 is 0. The van der Waals surface area contributed by atoms with Crippen molar-refractivity contribution in [1.29, 1.82) is 0 Å². The molecule has 4 rings (SSSR count). The predicted molar refractivity (Wildman–Crippen MR) is 112 cm³/mol. The summed E-state index contributed by atoms with van der Waals surface area (Å²) in [6.45, 7) is 6.19. The molecule has 9 heteroatoms. The molecule has 2 fully saturated rings. The SMILES string of the molecule is CCN(CC)C(=O)c1cn(C2CCC23CCN(S(=O)(=O)c2ccccc2)CC3)nn1. The van der Waals surface area contributed by atoms with E-state index in [1.165, 1.54) is 0 Å². The Kier molecular flexibility index (Phi) is 5.67. The molecule has 2 aromatic rings. The highest BCUT2D eigenvalue weighted by Gasteiger charge is 2.51. The van der Waals surface area contributed by atoms with E-state index in [0.29, 0.717) is 36.8 Å². The van der Waals surface area contributed by atoms with Crippen LogP contribution in [-0.4, -0.2) is 64.7 Å². The third-order valence-corrected chi connectivity index (χ3v) is 8.73. The van der Waals surface area contributed by atoms with Gasteiger partial charge in [0.2, 0.25) is 10.0 Å². The van der Waals surface area contributed by atoms with Crippen LogP contribution in [0.2, 0.25) is 0 Å². The number of rotatable bonds is 6. The minimum atomic E-state index is -3.45. The van der Waals surface area contributed by atoms with Gasteiger partial charge in [0.1, 0.15) is 0 Å². The third-order valence-electron chi connectivity index (χ3n) is 6.82. The van der Waals surface area contributed by atoms with Crippen molar-refractivity contribution in [2.45, 2.75) is 50.5 Å². The molecule has 162 valence electrons. The molecule has 0 radical (unpaired) electrons. The second-order valence-corrected chi connectivity index (χ2v) is 10.1. The average molecular weight is 432 g/mol. The fraction of sp³-hybridized carbons (Fsp3) is 0.571. The summed E-state index contributed by atoms with van der Waals surface area (Å²) in [5.41, 5.74) is 0.413. The molecule has 8 nitrogen and oxygen atoms in total. The van der Waals surface area contributed by atoms with Gasteiger partial charge in [-0.15, -0.1) is 5.10 Å². The number of sulfonamides is 1. The molecule has 1 saturated heterocycles. The van der Waals surface area contributed by atoms with Gasteiger partial charge in [-0.2, -0.15) is 4.31 Å². The minimum absolute atomic E-state index is 0.0337. The molecule has 1 unspecified atom stereocenters. The van der Waals surface area contributed by atoms with Crippen LogP contribution in [0.4, 0.5) is 0 Å². The normalized spacial score (nSPS) is 21.3. The highest BCUT2D eigenvalue weighted by Crippen LogP contribution is 2.56. The maximum Gasteiger partial charge on any atom is 0.276 e. The zero-order valence-electron chi connectivity index (χ0n) is 17.6. The molecule has 1 aromatic carbocycles. The summed E-state index contributed by atoms with van der Waals surface area (Å²) < 4.78 is 29.3. The standard InChI is InChI=1S/C21H29N5O3S/c1-3-24(4-2)20(27)18-16-26(23-22-18)19-10-11-21(19)12-14-25(15-13-21)30(28,29)17-8-6-5-7-9-17/h5-9,16,19H,3-4,10-15H2,1-2H3. The summed E-state index contributed by atoms with van der Waals surface area (Å²) in [4.78, 5) is 14.6. The van der Waals surface area contributed by atoms with Gasteiger partial charge in [0, 0.05) is 26.2 Å². The summed E-state index contributed by atoms with van der Waals surface area (Å²) in [6, 6.07) is 8.79. The van der Waals surface area contributed by atoms with Gasteiger partial charge in [0.15, 0.2) is 5.69 Å². The van der Waals surface area contributed by atoms with Gasteiger partial charge in [-0.05, 0) is 57.1 Å². The molecular formula is C21H29N5O3S. The first-order chi connectivity index (χ1) is 14.4. The van der Waals surface area contributed by atoms with E-state index in [1.807, 2.05) is 24.6 Å². The van der Waals surface area contributed by atoms with Crippen LogP contribution in [0.5, 0.6) is 0 Å². The first kappa shape index (κ1) is 21.0. The van der Waals surface area contributed by atoms with E-state index in [2.05, 4.69) is 10.3 Å². The van der Waals surface area contributed by atoms with Gasteiger partial charge >= 0.3 is 0 Å². The van der Waals surface area contributed by atoms with Gasteiger partial charge < -0.3 is 4.90 Å². The predicted octanol–water partition coefficient (Wildman–Crippen LogP) is 2.57. The van der Waals surface area contributed by atoms with Crippen molar-refractivity contribution in [2.24, 2.45) is 5.41 Å². The number of carbonyl (C=O) groups is 1. The van der Waals surface area contributed by atoms with Crippen molar-refractivity contribution in [2.75, 3.05) is 26.2 Å². The van der Waals surface area contributed by atoms with Crippen LogP contribution in [0.3, 0.4) is 0 Å². The van der Waals surface area contributed by atoms with Gasteiger partial charge in [-0.25, -0.2) is 13.1 Å². The van der Waals surface area contributed by atoms with Crippen LogP contribution in [0, 0.1) is 5.41 Å². The van der Waals surface area contributed by atoms with E-state index in [0.717, 1.165) is 25.7 Å². The zero-order valence-corrected chi connectivity index (χ0v) is 18.4. The molecule has 2 heterocycles. The Morgan fingerprint density at radius 3 is 2.37 bits per heavy atom. The number of aromatic nitrogens is 3. The Hall–Kier alpha value is -2.26. The zero-order chi connectivity index (χ0) is 21.4. The number of amides is 1. The molecule has 2 aliphatic rings. The highest BCUT2D eigenvalue weighted by molar-refractivity contribution is 7.89. The third kappa shape index (κ3) is 3.54. The Morgan fingerprint density at radius 2 is 1.80 bits per heavy atom. The largest absolute Gasteiger partial charge is 0.338 e. The maximum absolute atomic E-state index is 12.9. The summed E-state index contributed by atoms with van der Waals surface area (Å²) in [5.74, 6) is -0.0941. The van der Waals surface area contributed by atoms with Gasteiger partial charge in [-0.3, -0.25) is 4.79 Å². The van der Waals surface area contributed by atoms with E-state index in [4.69, 9.17) is 0 Å². The van der Waals surface area contributed by atoms with Crippen LogP contribution in [-0.2, 0) is 10.0 Å². The lowest BCUT2D eigenvalue weighted by Crippen LogP contribution is -2.51. The first-order valence-electron chi connectivity index (χ1n) is 10.7. The van der Waals surface area contributed by atoms with Crippen LogP contribution < -0.4 is 0 Å². The number of hydrogen-bond donors (Lipinski definition) is 0. The quantitative estimate of drug-likeness (QED) is 0.701. The second-order valence-electron chi connectivity index (χ2n) is 8.20. The van der Waals surface area contributed by atoms with Crippen LogP contribution in [0.1, 0.15) is 56.1 Å². The number of carbonyl (C=O) groups excluding carboxylic acids is 1. The van der Waals surface area contributed by atoms with E-state index in [-0.39, 0.29) is 17.4 Å². The number of piperidine rings is 1. The molecule has 1 atom stereocenters. The summed E-state index contributed by atoms with van der Waals surface area (Å²) in [5, 5.41) is 8.39. The lowest BCUT2D eigenvalue weighted by Gasteiger charge is -2.53. The van der Waals surface area contributed by atoms with Gasteiger partial charge in [0.05, 0.1) is 17.1 Å². The Morgan fingerprint density at radius 1 is 1.13 bits per heavy atom. The van der Waals surface area contributed by atoms with Crippen LogP contribution in [0.15, 0.2) is 41.4 Å². The molecule has 30 heavy (non-hydrogen) atoms. The molecule has 1 saturated carbocycles. The molecule has 0 bridgehead atoms. The molecule has 0 N–H and O–H groups in total. The molecule has 1 spiro atoms. The van der Waals surface area contributed by atoms with E-state index in [1.54, 1.807) is 39.7 Å². The Labute approximate surface area is 177 Å². The van der Waals surface area contributed by atoms with E-state index >= 15 is 0 Å². The Bertz CT molecular complexity index is 993. The van der Waals surface area contributed by atoms with Crippen molar-refractivity contribution in [3.63, 3.8) is 0 Å². The maximum atomic E-state index is 12.9. The lowest BCUT2D eigenvalue weighted by atomic mass is 9.59. The number of hydrogen-bond acceptors (Lipinski definition) is 5. The molecule has 1 aliphatic carbocycles. The number of benzene rings is 1. The van der Waals surface area contributed by atoms with Crippen molar-refractivity contribution in [3.05, 3.63) is 42.2 Å². The van der Waals surface area contributed by atoms with Gasteiger partial charge in [-0.1, -0.05) is 23.4 Å². The summed E-state index contributed by atoms with van der Waals surface area (Å²) in [7, 11) is -3.45. The lowest BCUT2D eigenvalue weighted by molar-refractivity contribution is -0.0160. The second kappa shape index (κ2) is 8.11. The molecule has 1 amide bonds. The monoisotopic (exact) mass is 431 g/mol.